The molecule has 0 atom stereocenters. The van der Waals surface area contributed by atoms with E-state index in [1.807, 2.05) is 0 Å². The Labute approximate surface area is 87.2 Å². The highest BCUT2D eigenvalue weighted by Crippen LogP contribution is 2.04. The highest BCUT2D eigenvalue weighted by Gasteiger charge is 2.17. The molecule has 0 radical (unpaired) electrons. The first-order valence-corrected chi connectivity index (χ1v) is 5.69. The minimum absolute atomic E-state index is 0.368. The fourth-order valence-electron chi connectivity index (χ4n) is 1.37. The summed E-state index contributed by atoms with van der Waals surface area (Å²) in [6.45, 7) is 8.99. The number of ether oxygens (including phenoxy) is 2. The molecule has 0 aliphatic carbocycles. The lowest BCUT2D eigenvalue weighted by Gasteiger charge is -2.25. The smallest absolute Gasteiger partial charge is 0.104 e. The molecule has 0 aromatic rings. The summed E-state index contributed by atoms with van der Waals surface area (Å²) in [7, 11) is 0. The molecule has 0 amide bonds. The molecule has 1 aliphatic heterocycles. The molecule has 0 bridgehead atoms. The molecule has 1 saturated heterocycles. The second-order valence-electron chi connectivity index (χ2n) is 4.32. The van der Waals surface area contributed by atoms with Crippen molar-refractivity contribution in [3.63, 3.8) is 0 Å². The predicted octanol–water partition coefficient (Wildman–Crippen LogP) is 1.43. The summed E-state index contributed by atoms with van der Waals surface area (Å²) in [6.07, 6.45) is 2.95. The van der Waals surface area contributed by atoms with Crippen molar-refractivity contribution in [1.82, 2.24) is 5.32 Å². The summed E-state index contributed by atoms with van der Waals surface area (Å²) in [5, 5.41) is 3.38. The monoisotopic (exact) mass is 201 g/mol. The van der Waals surface area contributed by atoms with Crippen LogP contribution in [0.25, 0.3) is 0 Å². The van der Waals surface area contributed by atoms with Crippen molar-refractivity contribution in [2.45, 2.75) is 32.8 Å². The number of rotatable bonds is 8. The van der Waals surface area contributed by atoms with Crippen LogP contribution in [-0.2, 0) is 9.47 Å². The van der Waals surface area contributed by atoms with Gasteiger partial charge in [0.05, 0.1) is 19.8 Å². The molecule has 84 valence electrons. The zero-order valence-corrected chi connectivity index (χ0v) is 9.42. The number of nitrogens with one attached hydrogen (secondary N) is 1. The van der Waals surface area contributed by atoms with E-state index in [4.69, 9.17) is 9.47 Å². The van der Waals surface area contributed by atoms with Crippen LogP contribution in [0.3, 0.4) is 0 Å². The Morgan fingerprint density at radius 1 is 1.36 bits per heavy atom. The van der Waals surface area contributed by atoms with Crippen molar-refractivity contribution in [3.8, 4) is 0 Å². The third-order valence-electron chi connectivity index (χ3n) is 2.37. The van der Waals surface area contributed by atoms with Gasteiger partial charge in [-0.15, -0.1) is 0 Å². The summed E-state index contributed by atoms with van der Waals surface area (Å²) < 4.78 is 10.5. The van der Waals surface area contributed by atoms with Crippen LogP contribution in [0.1, 0.15) is 26.7 Å². The fourth-order valence-corrected chi connectivity index (χ4v) is 1.37. The van der Waals surface area contributed by atoms with Gasteiger partial charge in [-0.05, 0) is 25.3 Å². The van der Waals surface area contributed by atoms with E-state index < -0.39 is 0 Å². The van der Waals surface area contributed by atoms with Crippen LogP contribution in [0.4, 0.5) is 0 Å². The first-order valence-electron chi connectivity index (χ1n) is 5.69. The fraction of sp³-hybridized carbons (Fsp3) is 1.00. The maximum atomic E-state index is 5.52. The largest absolute Gasteiger partial charge is 0.376 e. The standard InChI is InChI=1S/C11H23NO2/c1-10(2)4-3-5-12-6-7-14-11-8-13-9-11/h10-12H,3-9H2,1-2H3. The van der Waals surface area contributed by atoms with Crippen LogP contribution in [0, 0.1) is 5.92 Å². The molecule has 1 N–H and O–H groups in total. The van der Waals surface area contributed by atoms with Crippen LogP contribution in [0.2, 0.25) is 0 Å². The Kier molecular flexibility index (Phi) is 6.15. The summed E-state index contributed by atoms with van der Waals surface area (Å²) in [5.74, 6) is 0.820. The first-order chi connectivity index (χ1) is 6.79. The van der Waals surface area contributed by atoms with Crippen LogP contribution in [0.5, 0.6) is 0 Å². The van der Waals surface area contributed by atoms with Gasteiger partial charge >= 0.3 is 0 Å². The van der Waals surface area contributed by atoms with Crippen molar-refractivity contribution < 1.29 is 9.47 Å². The van der Waals surface area contributed by atoms with Crippen LogP contribution in [-0.4, -0.2) is 39.0 Å². The normalized spacial score (nSPS) is 17.4. The van der Waals surface area contributed by atoms with Crippen molar-refractivity contribution in [3.05, 3.63) is 0 Å². The Bertz CT molecular complexity index is 135. The van der Waals surface area contributed by atoms with Gasteiger partial charge in [-0.3, -0.25) is 0 Å². The van der Waals surface area contributed by atoms with Gasteiger partial charge in [0.2, 0.25) is 0 Å². The second kappa shape index (κ2) is 7.21. The molecule has 1 rings (SSSR count). The second-order valence-corrected chi connectivity index (χ2v) is 4.32. The molecule has 0 aromatic carbocycles. The first kappa shape index (κ1) is 12.0. The third kappa shape index (κ3) is 5.58. The third-order valence-corrected chi connectivity index (χ3v) is 2.37. The highest BCUT2D eigenvalue weighted by atomic mass is 16.6. The van der Waals surface area contributed by atoms with Gasteiger partial charge in [-0.2, -0.15) is 0 Å². The van der Waals surface area contributed by atoms with Gasteiger partial charge in [0.25, 0.3) is 0 Å². The Morgan fingerprint density at radius 3 is 2.71 bits per heavy atom. The predicted molar refractivity (Wildman–Crippen MR) is 57.5 cm³/mol. The maximum Gasteiger partial charge on any atom is 0.104 e. The van der Waals surface area contributed by atoms with Gasteiger partial charge in [-0.1, -0.05) is 13.8 Å². The van der Waals surface area contributed by atoms with Gasteiger partial charge in [0.15, 0.2) is 0 Å². The molecule has 0 spiro atoms. The number of hydrogen-bond acceptors (Lipinski definition) is 3. The molecule has 1 fully saturated rings. The molecular formula is C11H23NO2. The lowest BCUT2D eigenvalue weighted by atomic mass is 10.1. The molecule has 0 saturated carbocycles. The van der Waals surface area contributed by atoms with E-state index in [1.165, 1.54) is 12.8 Å². The quantitative estimate of drug-likeness (QED) is 0.603. The SMILES string of the molecule is CC(C)CCCNCCOC1COC1. The Balaban J connectivity index is 1.71. The van der Waals surface area contributed by atoms with Crippen molar-refractivity contribution in [1.29, 1.82) is 0 Å². The van der Waals surface area contributed by atoms with E-state index in [-0.39, 0.29) is 0 Å². The van der Waals surface area contributed by atoms with Gasteiger partial charge in [0, 0.05) is 6.54 Å². The molecular weight excluding hydrogens is 178 g/mol. The molecule has 14 heavy (non-hydrogen) atoms. The molecule has 1 aliphatic rings. The highest BCUT2D eigenvalue weighted by molar-refractivity contribution is 4.64. The molecule has 3 nitrogen and oxygen atoms in total. The molecule has 0 unspecified atom stereocenters. The van der Waals surface area contributed by atoms with Crippen molar-refractivity contribution in [2.24, 2.45) is 5.92 Å². The minimum Gasteiger partial charge on any atom is -0.376 e. The molecule has 0 aromatic heterocycles. The summed E-state index contributed by atoms with van der Waals surface area (Å²) in [6, 6.07) is 0. The zero-order valence-electron chi connectivity index (χ0n) is 9.42. The minimum atomic E-state index is 0.368. The molecule has 1 heterocycles. The Morgan fingerprint density at radius 2 is 2.14 bits per heavy atom. The maximum absolute atomic E-state index is 5.52. The Hall–Kier alpha value is -0.120. The van der Waals surface area contributed by atoms with Crippen molar-refractivity contribution >= 4 is 0 Å². The lowest BCUT2D eigenvalue weighted by molar-refractivity contribution is -0.128. The lowest BCUT2D eigenvalue weighted by Crippen LogP contribution is -2.37. The van der Waals surface area contributed by atoms with Gasteiger partial charge in [-0.25, -0.2) is 0 Å². The summed E-state index contributed by atoms with van der Waals surface area (Å²) in [5.41, 5.74) is 0. The topological polar surface area (TPSA) is 30.5 Å². The average molecular weight is 201 g/mol. The van der Waals surface area contributed by atoms with Crippen molar-refractivity contribution in [2.75, 3.05) is 32.9 Å². The van der Waals surface area contributed by atoms with E-state index >= 15 is 0 Å². The van der Waals surface area contributed by atoms with Crippen LogP contribution < -0.4 is 5.32 Å². The summed E-state index contributed by atoms with van der Waals surface area (Å²) in [4.78, 5) is 0. The van der Waals surface area contributed by atoms with E-state index in [9.17, 15) is 0 Å². The van der Waals surface area contributed by atoms with E-state index in [0.29, 0.717) is 6.10 Å². The summed E-state index contributed by atoms with van der Waals surface area (Å²) >= 11 is 0. The van der Waals surface area contributed by atoms with E-state index in [2.05, 4.69) is 19.2 Å². The molecule has 3 heteroatoms. The van der Waals surface area contributed by atoms with Gasteiger partial charge < -0.3 is 14.8 Å². The van der Waals surface area contributed by atoms with E-state index in [0.717, 1.165) is 38.8 Å². The van der Waals surface area contributed by atoms with Crippen LogP contribution >= 0.6 is 0 Å². The average Bonchev–Trinajstić information content (AvgIpc) is 2.06. The van der Waals surface area contributed by atoms with E-state index in [1.54, 1.807) is 0 Å². The zero-order chi connectivity index (χ0) is 10.2. The van der Waals surface area contributed by atoms with Gasteiger partial charge in [0.1, 0.15) is 6.10 Å². The number of hydrogen-bond donors (Lipinski definition) is 1. The van der Waals surface area contributed by atoms with Crippen LogP contribution in [0.15, 0.2) is 0 Å².